The Bertz CT molecular complexity index is 1640. The van der Waals surface area contributed by atoms with Crippen LogP contribution in [0, 0.1) is 0 Å². The Morgan fingerprint density at radius 2 is 1.73 bits per heavy atom. The van der Waals surface area contributed by atoms with Crippen LogP contribution in [0.3, 0.4) is 0 Å². The highest BCUT2D eigenvalue weighted by atomic mass is 35.5. The van der Waals surface area contributed by atoms with E-state index in [1.807, 2.05) is 71.6 Å². The van der Waals surface area contributed by atoms with Gasteiger partial charge in [-0.2, -0.15) is 5.10 Å². The summed E-state index contributed by atoms with van der Waals surface area (Å²) in [6.45, 7) is 1.53. The fraction of sp³-hybridized carbons (Fsp3) is 0.258. The van der Waals surface area contributed by atoms with Gasteiger partial charge in [-0.25, -0.2) is 4.68 Å². The van der Waals surface area contributed by atoms with Crippen molar-refractivity contribution in [3.05, 3.63) is 88.9 Å². The lowest BCUT2D eigenvalue weighted by Crippen LogP contribution is -2.43. The fourth-order valence-electron chi connectivity index (χ4n) is 5.66. The second-order valence-electron chi connectivity index (χ2n) is 10.2. The highest BCUT2D eigenvalue weighted by Crippen LogP contribution is 2.50. The SMILES string of the molecule is O=C(CN1C(=O)CS[C@@H](c2ccc3c(c2)OCO3)c2c(-c3ccccc3)nn(-c3ccccc3Cl)c21)N1CCCC1. The van der Waals surface area contributed by atoms with Gasteiger partial charge in [-0.1, -0.05) is 60.1 Å². The highest BCUT2D eigenvalue weighted by molar-refractivity contribution is 8.00. The van der Waals surface area contributed by atoms with E-state index in [0.29, 0.717) is 41.1 Å². The number of hydrogen-bond acceptors (Lipinski definition) is 6. The zero-order valence-corrected chi connectivity index (χ0v) is 23.7. The number of carbonyl (C=O) groups is 2. The third kappa shape index (κ3) is 4.73. The molecule has 7 rings (SSSR count). The standard InChI is InChI=1S/C31H27ClN4O4S/c32-22-10-4-5-11-23(22)36-31-28(29(33-36)20-8-2-1-3-9-20)30(21-12-13-24-25(16-21)40-19-39-24)41-18-27(38)35(31)17-26(37)34-14-6-7-15-34/h1-5,8-13,16,30H,6-7,14-15,17-19H2/t30-/m0/s1. The van der Waals surface area contributed by atoms with Crippen LogP contribution in [0.25, 0.3) is 16.9 Å². The number of anilines is 1. The Morgan fingerprint density at radius 3 is 2.54 bits per heavy atom. The van der Waals surface area contributed by atoms with Crippen molar-refractivity contribution in [1.82, 2.24) is 14.7 Å². The Balaban J connectivity index is 1.47. The molecule has 4 aromatic rings. The second kappa shape index (κ2) is 10.8. The molecule has 1 aromatic heterocycles. The number of carbonyl (C=O) groups excluding carboxylic acids is 2. The van der Waals surface area contributed by atoms with Crippen LogP contribution in [0.15, 0.2) is 72.8 Å². The maximum Gasteiger partial charge on any atom is 0.242 e. The van der Waals surface area contributed by atoms with Crippen molar-refractivity contribution in [2.24, 2.45) is 0 Å². The molecule has 0 spiro atoms. The number of halogens is 1. The Morgan fingerprint density at radius 1 is 0.976 bits per heavy atom. The van der Waals surface area contributed by atoms with E-state index in [9.17, 15) is 9.59 Å². The van der Waals surface area contributed by atoms with Gasteiger partial charge in [-0.15, -0.1) is 11.8 Å². The summed E-state index contributed by atoms with van der Waals surface area (Å²) in [6, 6.07) is 23.2. The number of ether oxygens (including phenoxy) is 2. The van der Waals surface area contributed by atoms with Crippen LogP contribution >= 0.6 is 23.4 Å². The molecule has 2 amide bonds. The minimum atomic E-state index is -0.276. The van der Waals surface area contributed by atoms with Crippen molar-refractivity contribution >= 4 is 41.0 Å². The first-order chi connectivity index (χ1) is 20.1. The van der Waals surface area contributed by atoms with Gasteiger partial charge < -0.3 is 14.4 Å². The molecule has 1 atom stereocenters. The summed E-state index contributed by atoms with van der Waals surface area (Å²) in [5.41, 5.74) is 4.07. The van der Waals surface area contributed by atoms with E-state index in [2.05, 4.69) is 0 Å². The lowest BCUT2D eigenvalue weighted by atomic mass is 9.99. The van der Waals surface area contributed by atoms with Gasteiger partial charge in [-0.3, -0.25) is 14.5 Å². The lowest BCUT2D eigenvalue weighted by molar-refractivity contribution is -0.130. The van der Waals surface area contributed by atoms with Crippen LogP contribution in [0.1, 0.15) is 29.2 Å². The van der Waals surface area contributed by atoms with Gasteiger partial charge in [0, 0.05) is 24.2 Å². The minimum absolute atomic E-state index is 0.0649. The third-order valence-corrected chi connectivity index (χ3v) is 9.24. The molecule has 4 heterocycles. The number of amides is 2. The van der Waals surface area contributed by atoms with Gasteiger partial charge >= 0.3 is 0 Å². The fourth-order valence-corrected chi connectivity index (χ4v) is 7.06. The summed E-state index contributed by atoms with van der Waals surface area (Å²) >= 11 is 8.25. The zero-order chi connectivity index (χ0) is 27.9. The summed E-state index contributed by atoms with van der Waals surface area (Å²) < 4.78 is 13.0. The molecule has 3 aliphatic heterocycles. The molecule has 0 unspecified atom stereocenters. The van der Waals surface area contributed by atoms with Crippen molar-refractivity contribution in [2.45, 2.75) is 18.1 Å². The zero-order valence-electron chi connectivity index (χ0n) is 22.2. The first kappa shape index (κ1) is 26.0. The van der Waals surface area contributed by atoms with Crippen LogP contribution in [-0.4, -0.2) is 58.7 Å². The number of thioether (sulfide) groups is 1. The second-order valence-corrected chi connectivity index (χ2v) is 11.7. The van der Waals surface area contributed by atoms with E-state index in [4.69, 9.17) is 26.2 Å². The third-order valence-electron chi connectivity index (χ3n) is 7.67. The molecule has 3 aromatic carbocycles. The van der Waals surface area contributed by atoms with E-state index in [-0.39, 0.29) is 36.2 Å². The molecule has 1 fully saturated rings. The van der Waals surface area contributed by atoms with Crippen molar-refractivity contribution in [2.75, 3.05) is 37.1 Å². The minimum Gasteiger partial charge on any atom is -0.454 e. The van der Waals surface area contributed by atoms with Crippen LogP contribution in [0.2, 0.25) is 5.02 Å². The summed E-state index contributed by atoms with van der Waals surface area (Å²) in [5, 5.41) is 5.33. The van der Waals surface area contributed by atoms with Crippen LogP contribution < -0.4 is 14.4 Å². The van der Waals surface area contributed by atoms with Crippen LogP contribution in [-0.2, 0) is 9.59 Å². The lowest BCUT2D eigenvalue weighted by Gasteiger charge is -2.25. The highest BCUT2D eigenvalue weighted by Gasteiger charge is 2.39. The predicted molar refractivity (Wildman–Crippen MR) is 159 cm³/mol. The summed E-state index contributed by atoms with van der Waals surface area (Å²) in [5.74, 6) is 1.89. The van der Waals surface area contributed by atoms with Gasteiger partial charge in [0.05, 0.1) is 27.4 Å². The van der Waals surface area contributed by atoms with Crippen molar-refractivity contribution in [3.8, 4) is 28.4 Å². The van der Waals surface area contributed by atoms with Gasteiger partial charge in [-0.05, 0) is 42.7 Å². The molecule has 208 valence electrons. The van der Waals surface area contributed by atoms with Crippen LogP contribution in [0.5, 0.6) is 11.5 Å². The predicted octanol–water partition coefficient (Wildman–Crippen LogP) is 5.71. The summed E-state index contributed by atoms with van der Waals surface area (Å²) in [6.07, 6.45) is 1.95. The first-order valence-electron chi connectivity index (χ1n) is 13.6. The van der Waals surface area contributed by atoms with E-state index in [1.54, 1.807) is 15.6 Å². The van der Waals surface area contributed by atoms with Crippen molar-refractivity contribution in [1.29, 1.82) is 0 Å². The first-order valence-corrected chi connectivity index (χ1v) is 15.0. The molecule has 0 saturated carbocycles. The number of benzene rings is 3. The number of hydrogen-bond donors (Lipinski definition) is 0. The molecule has 0 bridgehead atoms. The molecule has 0 aliphatic carbocycles. The Kier molecular flexibility index (Phi) is 6.84. The largest absolute Gasteiger partial charge is 0.454 e. The molecular weight excluding hydrogens is 560 g/mol. The van der Waals surface area contributed by atoms with E-state index in [0.717, 1.165) is 35.2 Å². The van der Waals surface area contributed by atoms with Gasteiger partial charge in [0.2, 0.25) is 18.6 Å². The van der Waals surface area contributed by atoms with E-state index in [1.165, 1.54) is 11.8 Å². The Hall–Kier alpha value is -3.95. The number of aromatic nitrogens is 2. The van der Waals surface area contributed by atoms with E-state index >= 15 is 0 Å². The number of likely N-dealkylation sites (tertiary alicyclic amines) is 1. The number of fused-ring (bicyclic) bond motifs is 2. The van der Waals surface area contributed by atoms with E-state index < -0.39 is 0 Å². The molecule has 41 heavy (non-hydrogen) atoms. The van der Waals surface area contributed by atoms with Crippen LogP contribution in [0.4, 0.5) is 5.82 Å². The average molecular weight is 587 g/mol. The summed E-state index contributed by atoms with van der Waals surface area (Å²) in [7, 11) is 0. The maximum atomic E-state index is 13.9. The summed E-state index contributed by atoms with van der Waals surface area (Å²) in [4.78, 5) is 30.9. The van der Waals surface area contributed by atoms with Gasteiger partial charge in [0.25, 0.3) is 0 Å². The quantitative estimate of drug-likeness (QED) is 0.298. The number of rotatable bonds is 5. The van der Waals surface area contributed by atoms with Gasteiger partial charge in [0.15, 0.2) is 11.5 Å². The maximum absolute atomic E-state index is 13.9. The van der Waals surface area contributed by atoms with Gasteiger partial charge in [0.1, 0.15) is 12.4 Å². The molecule has 1 saturated heterocycles. The number of nitrogens with zero attached hydrogens (tertiary/aromatic N) is 4. The monoisotopic (exact) mass is 586 g/mol. The molecule has 10 heteroatoms. The number of para-hydroxylation sites is 1. The topological polar surface area (TPSA) is 76.9 Å². The molecular formula is C31H27ClN4O4S. The molecule has 0 radical (unpaired) electrons. The normalized spacial score (nSPS) is 18.0. The smallest absolute Gasteiger partial charge is 0.242 e. The van der Waals surface area contributed by atoms with Crippen molar-refractivity contribution in [3.63, 3.8) is 0 Å². The van der Waals surface area contributed by atoms with Crippen molar-refractivity contribution < 1.29 is 19.1 Å². The molecule has 3 aliphatic rings. The Labute approximate surface area is 246 Å². The average Bonchev–Trinajstić information content (AvgIpc) is 3.76. The molecule has 0 N–H and O–H groups in total. The molecule has 8 nitrogen and oxygen atoms in total.